The molecule has 1 fully saturated rings. The van der Waals surface area contributed by atoms with Crippen molar-refractivity contribution < 1.29 is 23.1 Å². The Morgan fingerprint density at radius 1 is 1.09 bits per heavy atom. The van der Waals surface area contributed by atoms with Crippen LogP contribution in [0, 0.1) is 0 Å². The van der Waals surface area contributed by atoms with E-state index in [1.165, 1.54) is 43.6 Å². The van der Waals surface area contributed by atoms with E-state index < -0.39 is 12.1 Å². The molecule has 1 aliphatic heterocycles. The highest BCUT2D eigenvalue weighted by molar-refractivity contribution is 5.77. The summed E-state index contributed by atoms with van der Waals surface area (Å²) in [6.07, 6.45) is 0.708. The van der Waals surface area contributed by atoms with Gasteiger partial charge in [-0.2, -0.15) is 13.2 Å². The Morgan fingerprint density at radius 2 is 1.76 bits per heavy atom. The second-order valence-corrected chi connectivity index (χ2v) is 8.40. The zero-order valence-electron chi connectivity index (χ0n) is 18.8. The average Bonchev–Trinajstić information content (AvgIpc) is 3.06. The average molecular weight is 463 g/mol. The summed E-state index contributed by atoms with van der Waals surface area (Å²) >= 11 is 0. The lowest BCUT2D eigenvalue weighted by atomic mass is 10.1. The van der Waals surface area contributed by atoms with Gasteiger partial charge in [-0.3, -0.25) is 9.47 Å². The number of aliphatic carboxylic acids is 1. The maximum Gasteiger partial charge on any atom is 0.490 e. The number of hydrogen-bond acceptors (Lipinski definition) is 4. The predicted octanol–water partition coefficient (Wildman–Crippen LogP) is 4.57. The second-order valence-electron chi connectivity index (χ2n) is 8.40. The number of alkyl halides is 3. The first-order valence-corrected chi connectivity index (χ1v) is 10.9. The molecule has 0 aliphatic carbocycles. The molecule has 2 heterocycles. The van der Waals surface area contributed by atoms with E-state index in [0.29, 0.717) is 0 Å². The number of carboxylic acid groups (broad SMARTS) is 1. The molecule has 4 rings (SSSR count). The van der Waals surface area contributed by atoms with Crippen LogP contribution < -0.4 is 0 Å². The van der Waals surface area contributed by atoms with Crippen molar-refractivity contribution in [2.45, 2.75) is 38.0 Å². The minimum absolute atomic E-state index is 0.733. The number of halogens is 3. The van der Waals surface area contributed by atoms with Crippen molar-refractivity contribution in [2.75, 3.05) is 27.2 Å². The molecule has 0 spiro atoms. The highest BCUT2D eigenvalue weighted by atomic mass is 19.4. The number of fused-ring (bicyclic) bond motifs is 1. The van der Waals surface area contributed by atoms with Crippen molar-refractivity contribution in [3.8, 4) is 5.69 Å². The molecule has 1 atom stereocenters. The van der Waals surface area contributed by atoms with E-state index in [1.54, 1.807) is 0 Å². The summed E-state index contributed by atoms with van der Waals surface area (Å²) in [5, 5.41) is 7.12. The van der Waals surface area contributed by atoms with Crippen LogP contribution in [-0.4, -0.2) is 69.8 Å². The molecule has 1 saturated heterocycles. The minimum Gasteiger partial charge on any atom is -0.475 e. The van der Waals surface area contributed by atoms with Crippen LogP contribution in [0.3, 0.4) is 0 Å². The molecule has 3 aromatic rings. The van der Waals surface area contributed by atoms with Gasteiger partial charge >= 0.3 is 12.1 Å². The molecule has 0 saturated carbocycles. The summed E-state index contributed by atoms with van der Waals surface area (Å²) in [5.74, 6) is -2.76. The molecule has 0 amide bonds. The van der Waals surface area contributed by atoms with Gasteiger partial charge in [-0.25, -0.2) is 9.78 Å². The fourth-order valence-electron chi connectivity index (χ4n) is 4.00. The number of rotatable bonds is 4. The number of likely N-dealkylation sites (tertiary alicyclic amines) is 1. The summed E-state index contributed by atoms with van der Waals surface area (Å²) in [7, 11) is 4.41. The molecular weight excluding hydrogens is 433 g/mol. The summed E-state index contributed by atoms with van der Waals surface area (Å²) in [4.78, 5) is 18.4. The van der Waals surface area contributed by atoms with Crippen LogP contribution in [-0.2, 0) is 11.3 Å². The van der Waals surface area contributed by atoms with Crippen LogP contribution in [0.15, 0.2) is 54.9 Å². The van der Waals surface area contributed by atoms with E-state index in [1.807, 2.05) is 12.4 Å². The summed E-state index contributed by atoms with van der Waals surface area (Å²) in [6.45, 7) is 3.44. The van der Waals surface area contributed by atoms with E-state index in [0.717, 1.165) is 23.6 Å². The summed E-state index contributed by atoms with van der Waals surface area (Å²) in [6, 6.07) is 18.0. The predicted molar refractivity (Wildman–Crippen MR) is 121 cm³/mol. The van der Waals surface area contributed by atoms with Gasteiger partial charge in [0.15, 0.2) is 0 Å². The lowest BCUT2D eigenvalue weighted by Crippen LogP contribution is -2.29. The van der Waals surface area contributed by atoms with Crippen molar-refractivity contribution in [1.82, 2.24) is 19.4 Å². The number of imidazole rings is 1. The van der Waals surface area contributed by atoms with Gasteiger partial charge < -0.3 is 10.0 Å². The van der Waals surface area contributed by atoms with Crippen molar-refractivity contribution in [3.63, 3.8) is 0 Å². The maximum atomic E-state index is 10.6. The quantitative estimate of drug-likeness (QED) is 0.615. The number of hydrogen-bond donors (Lipinski definition) is 1. The number of carbonyl (C=O) groups is 1. The number of benzene rings is 2. The first-order valence-electron chi connectivity index (χ1n) is 10.9. The lowest BCUT2D eigenvalue weighted by molar-refractivity contribution is -0.192. The van der Waals surface area contributed by atoms with Crippen LogP contribution in [0.25, 0.3) is 16.7 Å². The number of carboxylic acids is 1. The SMILES string of the molecule is CN(C)C1CCCN(Cc2ccc(-n3cnc4ccccc43)cc2)CC1.O=C(O)C(F)(F)F. The van der Waals surface area contributed by atoms with E-state index in [9.17, 15) is 13.2 Å². The van der Waals surface area contributed by atoms with Gasteiger partial charge in [-0.1, -0.05) is 24.3 Å². The Labute approximate surface area is 191 Å². The zero-order chi connectivity index (χ0) is 24.0. The van der Waals surface area contributed by atoms with Gasteiger partial charge in [0, 0.05) is 18.3 Å². The number of nitrogens with zero attached hydrogens (tertiary/aromatic N) is 4. The largest absolute Gasteiger partial charge is 0.490 e. The molecule has 33 heavy (non-hydrogen) atoms. The smallest absolute Gasteiger partial charge is 0.475 e. The number of aromatic nitrogens is 2. The third-order valence-corrected chi connectivity index (χ3v) is 5.84. The Kier molecular flexibility index (Phi) is 8.10. The Morgan fingerprint density at radius 3 is 2.39 bits per heavy atom. The maximum absolute atomic E-state index is 10.6. The third kappa shape index (κ3) is 6.79. The molecule has 0 bridgehead atoms. The molecule has 1 N–H and O–H groups in total. The van der Waals surface area contributed by atoms with E-state index in [-0.39, 0.29) is 0 Å². The number of para-hydroxylation sites is 2. The standard InChI is InChI=1S/C22H28N4.C2HF3O2/c1-24(2)19-6-5-14-25(15-13-19)16-18-9-11-20(12-10-18)26-17-23-21-7-3-4-8-22(21)26;3-2(4,5)1(6)7/h3-4,7-12,17,19H,5-6,13-16H2,1-2H3;(H,6,7). The van der Waals surface area contributed by atoms with E-state index >= 15 is 0 Å². The zero-order valence-corrected chi connectivity index (χ0v) is 18.8. The Hall–Kier alpha value is -2.91. The molecule has 1 unspecified atom stereocenters. The van der Waals surface area contributed by atoms with Gasteiger partial charge in [-0.05, 0) is 76.3 Å². The normalized spacial score (nSPS) is 17.5. The van der Waals surface area contributed by atoms with Crippen LogP contribution >= 0.6 is 0 Å². The van der Waals surface area contributed by atoms with Crippen LogP contribution in [0.1, 0.15) is 24.8 Å². The fourth-order valence-corrected chi connectivity index (χ4v) is 4.00. The van der Waals surface area contributed by atoms with Gasteiger partial charge in [0.2, 0.25) is 0 Å². The van der Waals surface area contributed by atoms with Crippen molar-refractivity contribution in [1.29, 1.82) is 0 Å². The molecule has 6 nitrogen and oxygen atoms in total. The molecular formula is C24H29F3N4O2. The van der Waals surface area contributed by atoms with E-state index in [2.05, 4.69) is 75.9 Å². The molecule has 1 aromatic heterocycles. The molecule has 178 valence electrons. The first-order chi connectivity index (χ1) is 15.6. The van der Waals surface area contributed by atoms with Gasteiger partial charge in [0.1, 0.15) is 6.33 Å². The lowest BCUT2D eigenvalue weighted by Gasteiger charge is -2.23. The van der Waals surface area contributed by atoms with Crippen molar-refractivity contribution in [2.24, 2.45) is 0 Å². The third-order valence-electron chi connectivity index (χ3n) is 5.84. The van der Waals surface area contributed by atoms with Crippen molar-refractivity contribution >= 4 is 17.0 Å². The molecule has 0 radical (unpaired) electrons. The molecule has 1 aliphatic rings. The van der Waals surface area contributed by atoms with Gasteiger partial charge in [0.05, 0.1) is 11.0 Å². The first kappa shape index (κ1) is 24.7. The Bertz CT molecular complexity index is 1050. The van der Waals surface area contributed by atoms with Gasteiger partial charge in [-0.15, -0.1) is 0 Å². The molecule has 2 aromatic carbocycles. The topological polar surface area (TPSA) is 61.6 Å². The van der Waals surface area contributed by atoms with Crippen LogP contribution in [0.5, 0.6) is 0 Å². The highest BCUT2D eigenvalue weighted by Gasteiger charge is 2.38. The minimum atomic E-state index is -5.08. The van der Waals surface area contributed by atoms with Crippen LogP contribution in [0.2, 0.25) is 0 Å². The highest BCUT2D eigenvalue weighted by Crippen LogP contribution is 2.20. The Balaban J connectivity index is 0.000000383. The van der Waals surface area contributed by atoms with Gasteiger partial charge in [0.25, 0.3) is 0 Å². The second kappa shape index (κ2) is 10.8. The monoisotopic (exact) mass is 462 g/mol. The molecule has 9 heteroatoms. The van der Waals surface area contributed by atoms with E-state index in [4.69, 9.17) is 9.90 Å². The van der Waals surface area contributed by atoms with Crippen molar-refractivity contribution in [3.05, 3.63) is 60.4 Å². The van der Waals surface area contributed by atoms with Crippen LogP contribution in [0.4, 0.5) is 13.2 Å². The summed E-state index contributed by atoms with van der Waals surface area (Å²) < 4.78 is 33.9. The summed E-state index contributed by atoms with van der Waals surface area (Å²) in [5.41, 5.74) is 4.76. The fraction of sp³-hybridized carbons (Fsp3) is 0.417.